The number of esters is 1. The van der Waals surface area contributed by atoms with Crippen molar-refractivity contribution in [3.05, 3.63) is 30.1 Å². The first-order valence-electron chi connectivity index (χ1n) is 21.0. The number of aliphatic hydroxyl groups is 4. The van der Waals surface area contributed by atoms with Crippen molar-refractivity contribution in [3.63, 3.8) is 0 Å². The second kappa shape index (κ2) is 19.8. The summed E-state index contributed by atoms with van der Waals surface area (Å²) in [5.74, 6) is -2.70. The van der Waals surface area contributed by atoms with E-state index in [0.717, 1.165) is 0 Å². The Labute approximate surface area is 345 Å². The maximum absolute atomic E-state index is 14.4. The predicted molar refractivity (Wildman–Crippen MR) is 214 cm³/mol. The van der Waals surface area contributed by atoms with E-state index in [1.165, 1.54) is 38.3 Å². The molecule has 10 unspecified atom stereocenters. The summed E-state index contributed by atoms with van der Waals surface area (Å²) in [7, 11) is 5.16. The molecule has 0 bridgehead atoms. The number of likely N-dealkylation sites (N-methyl/N-ethyl adjacent to an activating group) is 2. The van der Waals surface area contributed by atoms with Gasteiger partial charge in [-0.25, -0.2) is 4.39 Å². The van der Waals surface area contributed by atoms with Crippen LogP contribution in [-0.2, 0) is 33.2 Å². The summed E-state index contributed by atoms with van der Waals surface area (Å²) in [6.07, 6.45) is -8.12. The number of carbonyl (C=O) groups excluding carboxylic acids is 1. The lowest BCUT2D eigenvalue weighted by Crippen LogP contribution is -2.61. The molecule has 15 heteroatoms. The molecule has 3 heterocycles. The van der Waals surface area contributed by atoms with Gasteiger partial charge in [-0.3, -0.25) is 4.79 Å². The normalized spacial score (nSPS) is 45.5. The van der Waals surface area contributed by atoms with E-state index < -0.39 is 102 Å². The second-order valence-corrected chi connectivity index (χ2v) is 18.1. The van der Waals surface area contributed by atoms with Gasteiger partial charge in [0, 0.05) is 32.0 Å². The fraction of sp³-hybridized carbons (Fsp3) is 0.837. The zero-order valence-electron chi connectivity index (χ0n) is 36.9. The Morgan fingerprint density at radius 3 is 2.17 bits per heavy atom. The van der Waals surface area contributed by atoms with Crippen LogP contribution in [0.1, 0.15) is 94.9 Å². The van der Waals surface area contributed by atoms with E-state index in [-0.39, 0.29) is 37.3 Å². The molecule has 0 amide bonds. The van der Waals surface area contributed by atoms with Crippen molar-refractivity contribution in [2.45, 2.75) is 185 Å². The van der Waals surface area contributed by atoms with Crippen LogP contribution in [0.15, 0.2) is 24.3 Å². The van der Waals surface area contributed by atoms with Gasteiger partial charge in [-0.15, -0.1) is 0 Å². The molecule has 18 atom stereocenters. The van der Waals surface area contributed by atoms with Crippen molar-refractivity contribution in [2.24, 2.45) is 17.8 Å². The molecule has 0 aliphatic carbocycles. The molecule has 0 spiro atoms. The van der Waals surface area contributed by atoms with Crippen LogP contribution in [-0.4, -0.2) is 149 Å². The van der Waals surface area contributed by atoms with Gasteiger partial charge in [0.1, 0.15) is 35.5 Å². The van der Waals surface area contributed by atoms with E-state index >= 15 is 0 Å². The molecule has 4 rings (SSSR count). The largest absolute Gasteiger partial charge is 0.483 e. The molecule has 1 aromatic carbocycles. The number of aliphatic hydroxyl groups excluding tert-OH is 2. The third kappa shape index (κ3) is 11.1. The molecule has 3 fully saturated rings. The smallest absolute Gasteiger partial charge is 0.311 e. The quantitative estimate of drug-likeness (QED) is 0.227. The van der Waals surface area contributed by atoms with E-state index in [1.54, 1.807) is 41.5 Å². The molecule has 3 saturated heterocycles. The topological polar surface area (TPSA) is 178 Å². The van der Waals surface area contributed by atoms with Gasteiger partial charge in [-0.2, -0.15) is 0 Å². The number of hydrogen-bond acceptors (Lipinski definition) is 14. The van der Waals surface area contributed by atoms with Gasteiger partial charge in [-0.05, 0) is 112 Å². The standard InChI is InChI=1S/C43H73FN2O12/c1-14-32-43(10,51)36(47)27(6)46(12)22-23(2)20-41(8,50)38(58-40-35(31(45-11)19-24(3)53-40)55-30-17-15-29(44)16-18-30)25(4)34(26(5)39(49)56-32)57-33-21-42(9,52-13)37(48)28(7)54-33/h15-18,23-28,31-38,40,45,47-48,50-51H,14,19-22H2,1-13H3/t23?,24-,25?,26?,27?,28+,31+,32?,33+,34?,35-,36?,37+,38?,40+,41?,42-,43?/m1/s1. The summed E-state index contributed by atoms with van der Waals surface area (Å²) < 4.78 is 58.7. The van der Waals surface area contributed by atoms with Crippen molar-refractivity contribution < 1.29 is 62.8 Å². The second-order valence-electron chi connectivity index (χ2n) is 18.1. The van der Waals surface area contributed by atoms with Gasteiger partial charge in [0.2, 0.25) is 0 Å². The van der Waals surface area contributed by atoms with Crippen LogP contribution in [0.2, 0.25) is 0 Å². The van der Waals surface area contributed by atoms with Crippen LogP contribution < -0.4 is 10.1 Å². The van der Waals surface area contributed by atoms with Gasteiger partial charge in [-0.1, -0.05) is 20.8 Å². The number of halogens is 1. The highest BCUT2D eigenvalue weighted by atomic mass is 19.1. The Morgan fingerprint density at radius 2 is 1.59 bits per heavy atom. The molecule has 3 aliphatic heterocycles. The molecule has 14 nitrogen and oxygen atoms in total. The zero-order chi connectivity index (χ0) is 43.5. The van der Waals surface area contributed by atoms with E-state index in [0.29, 0.717) is 18.7 Å². The maximum Gasteiger partial charge on any atom is 0.311 e. The Kier molecular flexibility index (Phi) is 16.6. The van der Waals surface area contributed by atoms with Crippen molar-refractivity contribution >= 4 is 5.97 Å². The van der Waals surface area contributed by atoms with Gasteiger partial charge >= 0.3 is 5.97 Å². The van der Waals surface area contributed by atoms with Crippen molar-refractivity contribution in [3.8, 4) is 5.75 Å². The highest BCUT2D eigenvalue weighted by molar-refractivity contribution is 5.73. The number of benzene rings is 1. The van der Waals surface area contributed by atoms with Gasteiger partial charge in [0.25, 0.3) is 0 Å². The molecule has 0 radical (unpaired) electrons. The minimum Gasteiger partial charge on any atom is -0.483 e. The highest BCUT2D eigenvalue weighted by Gasteiger charge is 2.53. The number of ether oxygens (including phenoxy) is 7. The Hall–Kier alpha value is -2.02. The van der Waals surface area contributed by atoms with Gasteiger partial charge < -0.3 is 63.8 Å². The minimum absolute atomic E-state index is 0.113. The number of hydrogen-bond donors (Lipinski definition) is 5. The molecule has 3 aliphatic rings. The number of carbonyl (C=O) groups is 1. The van der Waals surface area contributed by atoms with E-state index in [2.05, 4.69) is 5.32 Å². The third-order valence-corrected chi connectivity index (χ3v) is 13.0. The average Bonchev–Trinajstić information content (AvgIpc) is 3.16. The van der Waals surface area contributed by atoms with Crippen LogP contribution in [0.4, 0.5) is 4.39 Å². The maximum atomic E-state index is 14.4. The Bertz CT molecular complexity index is 1450. The number of nitrogens with zero attached hydrogens (tertiary/aromatic N) is 1. The number of methoxy groups -OCH3 is 1. The zero-order valence-corrected chi connectivity index (χ0v) is 36.9. The molecule has 1 aromatic rings. The van der Waals surface area contributed by atoms with Crippen LogP contribution >= 0.6 is 0 Å². The molecule has 334 valence electrons. The first kappa shape index (κ1) is 48.6. The summed E-state index contributed by atoms with van der Waals surface area (Å²) in [5, 5.41) is 50.5. The van der Waals surface area contributed by atoms with Crippen molar-refractivity contribution in [1.29, 1.82) is 0 Å². The van der Waals surface area contributed by atoms with Crippen LogP contribution in [0.3, 0.4) is 0 Å². The highest BCUT2D eigenvalue weighted by Crippen LogP contribution is 2.40. The lowest BCUT2D eigenvalue weighted by molar-refractivity contribution is -0.314. The van der Waals surface area contributed by atoms with Crippen LogP contribution in [0.5, 0.6) is 5.75 Å². The molecule has 5 N–H and O–H groups in total. The van der Waals surface area contributed by atoms with Gasteiger partial charge in [0.05, 0.1) is 47.6 Å². The number of nitrogens with one attached hydrogen (secondary N) is 1. The summed E-state index contributed by atoms with van der Waals surface area (Å²) in [6, 6.07) is 4.86. The minimum atomic E-state index is -1.82. The van der Waals surface area contributed by atoms with E-state index in [4.69, 9.17) is 33.2 Å². The van der Waals surface area contributed by atoms with Crippen molar-refractivity contribution in [2.75, 3.05) is 27.7 Å². The molecule has 0 saturated carbocycles. The summed E-state index contributed by atoms with van der Waals surface area (Å²) >= 11 is 0. The number of cyclic esters (lactones) is 1. The first-order chi connectivity index (χ1) is 27.0. The van der Waals surface area contributed by atoms with E-state index in [9.17, 15) is 29.6 Å². The Balaban J connectivity index is 1.85. The lowest BCUT2D eigenvalue weighted by atomic mass is 9.77. The molecular formula is C43H73FN2O12. The fourth-order valence-corrected chi connectivity index (χ4v) is 9.32. The molecule has 58 heavy (non-hydrogen) atoms. The molecule has 0 aromatic heterocycles. The Morgan fingerprint density at radius 1 is 0.948 bits per heavy atom. The summed E-state index contributed by atoms with van der Waals surface area (Å²) in [5.41, 5.74) is -4.46. The first-order valence-corrected chi connectivity index (χ1v) is 21.0. The number of rotatable bonds is 9. The van der Waals surface area contributed by atoms with Crippen molar-refractivity contribution in [1.82, 2.24) is 10.2 Å². The summed E-state index contributed by atoms with van der Waals surface area (Å²) in [6.45, 7) is 18.0. The fourth-order valence-electron chi connectivity index (χ4n) is 9.32. The molecular weight excluding hydrogens is 755 g/mol. The van der Waals surface area contributed by atoms with E-state index in [1.807, 2.05) is 39.8 Å². The summed E-state index contributed by atoms with van der Waals surface area (Å²) in [4.78, 5) is 16.3. The third-order valence-electron chi connectivity index (χ3n) is 13.0. The van der Waals surface area contributed by atoms with Gasteiger partial charge in [0.15, 0.2) is 18.7 Å². The van der Waals surface area contributed by atoms with Crippen LogP contribution in [0.25, 0.3) is 0 Å². The predicted octanol–water partition coefficient (Wildman–Crippen LogP) is 3.78. The lowest BCUT2D eigenvalue weighted by Gasteiger charge is -2.48. The monoisotopic (exact) mass is 829 g/mol. The van der Waals surface area contributed by atoms with Crippen LogP contribution in [0, 0.1) is 23.6 Å². The average molecular weight is 829 g/mol. The SMILES string of the molecule is CCC1OC(=O)C(C)C(O[C@H]2C[C@@](C)(OC)[C@@H](O)[C@H](C)O2)C(C)C(O[C@@H]2O[C@H](C)C[C@H](NC)[C@H]2Oc2ccc(F)cc2)C(C)(O)CC(C)CN(C)C(C)C(O)C1(C)O.